The minimum absolute atomic E-state index is 0.130. The van der Waals surface area contributed by atoms with E-state index in [2.05, 4.69) is 10.2 Å². The summed E-state index contributed by atoms with van der Waals surface area (Å²) in [5.41, 5.74) is 0.289. The molecule has 3 aromatic rings. The summed E-state index contributed by atoms with van der Waals surface area (Å²) in [7, 11) is 3.03. The zero-order valence-electron chi connectivity index (χ0n) is 14.4. The lowest BCUT2D eigenvalue weighted by Crippen LogP contribution is -2.06. The molecule has 0 amide bonds. The van der Waals surface area contributed by atoms with E-state index >= 15 is 0 Å². The predicted molar refractivity (Wildman–Crippen MR) is 94.3 cm³/mol. The van der Waals surface area contributed by atoms with Gasteiger partial charge in [0, 0.05) is 5.56 Å². The Morgan fingerprint density at radius 1 is 1.07 bits per heavy atom. The summed E-state index contributed by atoms with van der Waals surface area (Å²) in [6.45, 7) is 0. The van der Waals surface area contributed by atoms with Crippen LogP contribution in [0.5, 0.6) is 11.5 Å². The number of hydrogen-bond acceptors (Lipinski definition) is 7. The van der Waals surface area contributed by atoms with Crippen molar-refractivity contribution in [1.29, 1.82) is 0 Å². The van der Waals surface area contributed by atoms with Crippen LogP contribution < -0.4 is 9.47 Å². The zero-order valence-corrected chi connectivity index (χ0v) is 15.2. The molecule has 3 rings (SSSR count). The molecule has 0 unspecified atom stereocenters. The van der Waals surface area contributed by atoms with Crippen LogP contribution in [0.2, 0.25) is 0 Å². The molecule has 1 heterocycles. The highest BCUT2D eigenvalue weighted by atomic mass is 32.2. The number of rotatable bonds is 7. The number of nitrogens with zero attached hydrogens (tertiary/aromatic N) is 2. The molecule has 0 atom stereocenters. The van der Waals surface area contributed by atoms with Gasteiger partial charge in [-0.1, -0.05) is 11.8 Å². The largest absolute Gasteiger partial charge is 0.493 e. The van der Waals surface area contributed by atoms with E-state index in [4.69, 9.17) is 13.9 Å². The van der Waals surface area contributed by atoms with Gasteiger partial charge >= 0.3 is 0 Å². The number of methoxy groups -OCH3 is 2. The van der Waals surface area contributed by atoms with Gasteiger partial charge in [-0.05, 0) is 36.4 Å². The van der Waals surface area contributed by atoms with Crippen molar-refractivity contribution in [1.82, 2.24) is 10.2 Å². The third kappa shape index (κ3) is 4.25. The zero-order chi connectivity index (χ0) is 19.4. The average Bonchev–Trinajstić information content (AvgIpc) is 3.16. The maximum Gasteiger partial charge on any atom is 0.277 e. The van der Waals surface area contributed by atoms with Gasteiger partial charge in [0.2, 0.25) is 5.89 Å². The Hall–Kier alpha value is -2.94. The van der Waals surface area contributed by atoms with Crippen LogP contribution in [-0.2, 0) is 0 Å². The van der Waals surface area contributed by atoms with Crippen molar-refractivity contribution in [3.63, 3.8) is 0 Å². The number of halogens is 2. The first-order valence-corrected chi connectivity index (χ1v) is 8.67. The summed E-state index contributed by atoms with van der Waals surface area (Å²) in [5.74, 6) is -0.937. The van der Waals surface area contributed by atoms with Gasteiger partial charge in [0.1, 0.15) is 11.6 Å². The topological polar surface area (TPSA) is 74.5 Å². The number of thioether (sulfide) groups is 1. The standard InChI is InChI=1S/C18H14F2N2O4S/c1-24-15-6-3-10(7-16(15)25-2)17-21-22-18(26-17)27-9-14(23)12-8-11(19)4-5-13(12)20/h3-8H,9H2,1-2H3. The summed E-state index contributed by atoms with van der Waals surface area (Å²) in [4.78, 5) is 12.1. The Labute approximate surface area is 157 Å². The van der Waals surface area contributed by atoms with E-state index < -0.39 is 17.4 Å². The number of aromatic nitrogens is 2. The first-order valence-electron chi connectivity index (χ1n) is 7.68. The van der Waals surface area contributed by atoms with Crippen LogP contribution in [0.15, 0.2) is 46.0 Å². The molecule has 0 aliphatic carbocycles. The Bertz CT molecular complexity index is 978. The number of ketones is 1. The molecule has 2 aromatic carbocycles. The summed E-state index contributed by atoms with van der Waals surface area (Å²) in [6, 6.07) is 7.81. The number of ether oxygens (including phenoxy) is 2. The molecule has 0 radical (unpaired) electrons. The molecule has 0 fully saturated rings. The predicted octanol–water partition coefficient (Wildman–Crippen LogP) is 4.01. The number of hydrogen-bond donors (Lipinski definition) is 0. The molecular weight excluding hydrogens is 378 g/mol. The third-order valence-corrected chi connectivity index (χ3v) is 4.41. The monoisotopic (exact) mass is 392 g/mol. The highest BCUT2D eigenvalue weighted by molar-refractivity contribution is 7.99. The van der Waals surface area contributed by atoms with E-state index in [0.29, 0.717) is 17.1 Å². The maximum absolute atomic E-state index is 13.6. The molecule has 140 valence electrons. The minimum Gasteiger partial charge on any atom is -0.493 e. The van der Waals surface area contributed by atoms with Gasteiger partial charge in [0.25, 0.3) is 5.22 Å². The summed E-state index contributed by atoms with van der Waals surface area (Å²) in [6.07, 6.45) is 0. The first-order chi connectivity index (χ1) is 13.0. The third-order valence-electron chi connectivity index (χ3n) is 3.59. The van der Waals surface area contributed by atoms with Crippen LogP contribution in [0.25, 0.3) is 11.5 Å². The Morgan fingerprint density at radius 2 is 1.85 bits per heavy atom. The fourth-order valence-electron chi connectivity index (χ4n) is 2.27. The van der Waals surface area contributed by atoms with Crippen LogP contribution in [0.4, 0.5) is 8.78 Å². The number of carbonyl (C=O) groups excluding carboxylic acids is 1. The molecule has 0 saturated carbocycles. The van der Waals surface area contributed by atoms with Crippen molar-refractivity contribution in [2.45, 2.75) is 5.22 Å². The fraction of sp³-hybridized carbons (Fsp3) is 0.167. The molecule has 0 N–H and O–H groups in total. The van der Waals surface area contributed by atoms with Crippen molar-refractivity contribution in [2.75, 3.05) is 20.0 Å². The molecule has 0 aliphatic heterocycles. The molecule has 0 aliphatic rings. The number of benzene rings is 2. The van der Waals surface area contributed by atoms with Crippen LogP contribution in [-0.4, -0.2) is 36.0 Å². The van der Waals surface area contributed by atoms with Gasteiger partial charge in [-0.3, -0.25) is 4.79 Å². The van der Waals surface area contributed by atoms with Crippen molar-refractivity contribution in [3.8, 4) is 23.0 Å². The van der Waals surface area contributed by atoms with Crippen LogP contribution >= 0.6 is 11.8 Å². The Balaban J connectivity index is 1.71. The molecule has 6 nitrogen and oxygen atoms in total. The van der Waals surface area contributed by atoms with Gasteiger partial charge < -0.3 is 13.9 Å². The van der Waals surface area contributed by atoms with Gasteiger partial charge in [-0.25, -0.2) is 8.78 Å². The van der Waals surface area contributed by atoms with E-state index in [1.807, 2.05) is 0 Å². The molecule has 1 aromatic heterocycles. The lowest BCUT2D eigenvalue weighted by atomic mass is 10.1. The maximum atomic E-state index is 13.6. The van der Waals surface area contributed by atoms with E-state index in [1.54, 1.807) is 18.2 Å². The van der Waals surface area contributed by atoms with Gasteiger partial charge in [0.05, 0.1) is 25.5 Å². The van der Waals surface area contributed by atoms with E-state index in [9.17, 15) is 13.6 Å². The Morgan fingerprint density at radius 3 is 2.59 bits per heavy atom. The second-order valence-electron chi connectivity index (χ2n) is 5.28. The lowest BCUT2D eigenvalue weighted by molar-refractivity contribution is 0.101. The van der Waals surface area contributed by atoms with Crippen molar-refractivity contribution in [2.24, 2.45) is 0 Å². The normalized spacial score (nSPS) is 10.7. The quantitative estimate of drug-likeness (QED) is 0.444. The second kappa shape index (κ2) is 8.17. The van der Waals surface area contributed by atoms with Gasteiger partial charge in [-0.2, -0.15) is 0 Å². The fourth-order valence-corrected chi connectivity index (χ4v) is 2.92. The SMILES string of the molecule is COc1ccc(-c2nnc(SCC(=O)c3cc(F)ccc3F)o2)cc1OC. The molecule has 9 heteroatoms. The second-order valence-corrected chi connectivity index (χ2v) is 6.21. The smallest absolute Gasteiger partial charge is 0.277 e. The van der Waals surface area contributed by atoms with Crippen molar-refractivity contribution in [3.05, 3.63) is 53.6 Å². The highest BCUT2D eigenvalue weighted by Crippen LogP contribution is 2.32. The van der Waals surface area contributed by atoms with Crippen molar-refractivity contribution >= 4 is 17.5 Å². The van der Waals surface area contributed by atoms with Gasteiger partial charge in [0.15, 0.2) is 17.3 Å². The number of Topliss-reactive ketones (excluding diaryl/α,β-unsaturated/α-hetero) is 1. The molecule has 0 spiro atoms. The number of carbonyl (C=O) groups is 1. The highest BCUT2D eigenvalue weighted by Gasteiger charge is 2.17. The Kier molecular flexibility index (Phi) is 5.70. The molecule has 27 heavy (non-hydrogen) atoms. The first kappa shape index (κ1) is 18.8. The molecule has 0 saturated heterocycles. The summed E-state index contributed by atoms with van der Waals surface area (Å²) >= 11 is 0.936. The van der Waals surface area contributed by atoms with E-state index in [-0.39, 0.29) is 22.4 Å². The lowest BCUT2D eigenvalue weighted by Gasteiger charge is -2.07. The van der Waals surface area contributed by atoms with Crippen molar-refractivity contribution < 1.29 is 27.5 Å². The molecular formula is C18H14F2N2O4S. The minimum atomic E-state index is -0.779. The average molecular weight is 392 g/mol. The van der Waals surface area contributed by atoms with Crippen LogP contribution in [0.3, 0.4) is 0 Å². The molecule has 0 bridgehead atoms. The van der Waals surface area contributed by atoms with Crippen LogP contribution in [0, 0.1) is 11.6 Å². The van der Waals surface area contributed by atoms with E-state index in [0.717, 1.165) is 30.0 Å². The van der Waals surface area contributed by atoms with E-state index in [1.165, 1.54) is 14.2 Å². The van der Waals surface area contributed by atoms with Crippen LogP contribution in [0.1, 0.15) is 10.4 Å². The van der Waals surface area contributed by atoms with Gasteiger partial charge in [-0.15, -0.1) is 10.2 Å². The summed E-state index contributed by atoms with van der Waals surface area (Å²) < 4.78 is 42.7. The summed E-state index contributed by atoms with van der Waals surface area (Å²) in [5, 5.41) is 7.90.